The molecular formula is C26H21BrClN3O2. The van der Waals surface area contributed by atoms with Crippen LogP contribution in [-0.4, -0.2) is 26.1 Å². The van der Waals surface area contributed by atoms with Crippen molar-refractivity contribution in [2.24, 2.45) is 0 Å². The van der Waals surface area contributed by atoms with Gasteiger partial charge >= 0.3 is 0 Å². The summed E-state index contributed by atoms with van der Waals surface area (Å²) in [7, 11) is 0. The number of aryl methyl sites for hydroxylation is 2. The number of rotatable bonds is 4. The summed E-state index contributed by atoms with van der Waals surface area (Å²) in [6.07, 6.45) is 0. The molecule has 0 fully saturated rings. The predicted octanol–water partition coefficient (Wildman–Crippen LogP) is 6.56. The minimum atomic E-state index is -0.393. The van der Waals surface area contributed by atoms with Crippen LogP contribution in [-0.2, 0) is 6.54 Å². The van der Waals surface area contributed by atoms with E-state index in [4.69, 9.17) is 11.6 Å². The lowest BCUT2D eigenvalue weighted by atomic mass is 9.94. The fraction of sp³-hybridized carbons (Fsp3) is 0.154. The first kappa shape index (κ1) is 21.7. The van der Waals surface area contributed by atoms with Crippen molar-refractivity contribution in [2.45, 2.75) is 26.4 Å². The molecule has 0 bridgehead atoms. The summed E-state index contributed by atoms with van der Waals surface area (Å²) in [6, 6.07) is 18.9. The van der Waals surface area contributed by atoms with E-state index in [1.807, 2.05) is 74.5 Å². The Morgan fingerprint density at radius 3 is 2.67 bits per heavy atom. The summed E-state index contributed by atoms with van der Waals surface area (Å²) < 4.78 is 0.915. The first-order valence-electron chi connectivity index (χ1n) is 10.5. The van der Waals surface area contributed by atoms with Crippen LogP contribution in [0.4, 0.5) is 0 Å². The number of aromatic nitrogens is 2. The first-order valence-corrected chi connectivity index (χ1v) is 11.7. The van der Waals surface area contributed by atoms with Gasteiger partial charge in [0.1, 0.15) is 17.1 Å². The molecule has 0 radical (unpaired) electrons. The van der Waals surface area contributed by atoms with E-state index < -0.39 is 6.04 Å². The Kier molecular flexibility index (Phi) is 5.51. The molecule has 2 N–H and O–H groups in total. The summed E-state index contributed by atoms with van der Waals surface area (Å²) in [5, 5.41) is 18.9. The molecule has 2 heterocycles. The number of phenolic OH excluding ortho intramolecular Hbond substituents is 1. The monoisotopic (exact) mass is 521 g/mol. The van der Waals surface area contributed by atoms with E-state index in [-0.39, 0.29) is 11.7 Å². The Hall–Kier alpha value is -3.09. The van der Waals surface area contributed by atoms with Crippen molar-refractivity contribution in [3.63, 3.8) is 0 Å². The highest BCUT2D eigenvalue weighted by atomic mass is 79.9. The Balaban J connectivity index is 1.71. The number of nitrogens with one attached hydrogen (secondary N) is 1. The van der Waals surface area contributed by atoms with Crippen LogP contribution in [0.1, 0.15) is 44.3 Å². The van der Waals surface area contributed by atoms with Crippen LogP contribution >= 0.6 is 27.5 Å². The van der Waals surface area contributed by atoms with E-state index in [2.05, 4.69) is 26.1 Å². The molecule has 7 heteroatoms. The predicted molar refractivity (Wildman–Crippen MR) is 132 cm³/mol. The zero-order chi connectivity index (χ0) is 23.3. The minimum Gasteiger partial charge on any atom is -0.507 e. The third kappa shape index (κ3) is 3.73. The molecule has 0 spiro atoms. The van der Waals surface area contributed by atoms with Crippen molar-refractivity contribution >= 4 is 33.4 Å². The standard InChI is InChI=1S/C26H21BrClN3O2/c1-14-10-15(2)25(32)19(11-14)22-21-23(30-29-22)26(33)31(13-17-6-3-4-9-20(17)28)24(21)16-7-5-8-18(27)12-16/h3-12,24,32H,13H2,1-2H3,(H,29,30). The number of nitrogens with zero attached hydrogens (tertiary/aromatic N) is 2. The Labute approximate surface area is 205 Å². The number of aromatic amines is 1. The molecule has 4 aromatic rings. The number of carbonyl (C=O) groups excluding carboxylic acids is 1. The van der Waals surface area contributed by atoms with Crippen LogP contribution in [0.15, 0.2) is 65.1 Å². The highest BCUT2D eigenvalue weighted by molar-refractivity contribution is 9.10. The van der Waals surface area contributed by atoms with Gasteiger partial charge in [0.15, 0.2) is 0 Å². The summed E-state index contributed by atoms with van der Waals surface area (Å²) in [5.41, 5.74) is 5.94. The van der Waals surface area contributed by atoms with Crippen molar-refractivity contribution in [2.75, 3.05) is 0 Å². The van der Waals surface area contributed by atoms with E-state index in [1.54, 1.807) is 4.90 Å². The van der Waals surface area contributed by atoms with E-state index in [1.165, 1.54) is 0 Å². The first-order chi connectivity index (χ1) is 15.8. The fourth-order valence-corrected chi connectivity index (χ4v) is 5.15. The van der Waals surface area contributed by atoms with Gasteiger partial charge in [0.2, 0.25) is 0 Å². The number of fused-ring (bicyclic) bond motifs is 1. The molecule has 5 nitrogen and oxygen atoms in total. The van der Waals surface area contributed by atoms with E-state index in [0.717, 1.165) is 32.3 Å². The Bertz CT molecular complexity index is 1400. The quantitative estimate of drug-likeness (QED) is 0.319. The summed E-state index contributed by atoms with van der Waals surface area (Å²) in [4.78, 5) is 15.4. The number of amides is 1. The average molecular weight is 523 g/mol. The number of H-pyrrole nitrogens is 1. The molecule has 1 unspecified atom stereocenters. The highest BCUT2D eigenvalue weighted by Gasteiger charge is 2.42. The number of aromatic hydroxyl groups is 1. The lowest BCUT2D eigenvalue weighted by Crippen LogP contribution is -2.29. The van der Waals surface area contributed by atoms with Gasteiger partial charge < -0.3 is 10.0 Å². The van der Waals surface area contributed by atoms with Gasteiger partial charge in [-0.05, 0) is 60.4 Å². The molecule has 5 rings (SSSR count). The topological polar surface area (TPSA) is 69.2 Å². The summed E-state index contributed by atoms with van der Waals surface area (Å²) >= 11 is 10.00. The van der Waals surface area contributed by atoms with Gasteiger partial charge in [0.05, 0.1) is 6.04 Å². The number of hydrogen-bond acceptors (Lipinski definition) is 3. The maximum absolute atomic E-state index is 13.6. The SMILES string of the molecule is Cc1cc(C)c(O)c(-c2n[nH]c3c2C(c2cccc(Br)c2)N(Cc2ccccc2Cl)C3=O)c1. The Morgan fingerprint density at radius 1 is 1.12 bits per heavy atom. The van der Waals surface area contributed by atoms with Crippen molar-refractivity contribution in [1.29, 1.82) is 0 Å². The van der Waals surface area contributed by atoms with Gasteiger partial charge in [-0.2, -0.15) is 5.10 Å². The zero-order valence-electron chi connectivity index (χ0n) is 18.1. The number of phenols is 1. The molecule has 0 aliphatic carbocycles. The van der Waals surface area contributed by atoms with Crippen molar-refractivity contribution in [1.82, 2.24) is 15.1 Å². The second kappa shape index (κ2) is 8.36. The van der Waals surface area contributed by atoms with Gasteiger partial charge in [0.25, 0.3) is 5.91 Å². The number of halogens is 2. The largest absolute Gasteiger partial charge is 0.507 e. The second-order valence-electron chi connectivity index (χ2n) is 8.32. The maximum atomic E-state index is 13.6. The van der Waals surface area contributed by atoms with Crippen LogP contribution < -0.4 is 0 Å². The smallest absolute Gasteiger partial charge is 0.273 e. The van der Waals surface area contributed by atoms with Gasteiger partial charge in [-0.25, -0.2) is 0 Å². The zero-order valence-corrected chi connectivity index (χ0v) is 20.4. The molecule has 33 heavy (non-hydrogen) atoms. The van der Waals surface area contributed by atoms with Crippen molar-refractivity contribution in [3.05, 3.63) is 104 Å². The van der Waals surface area contributed by atoms with Crippen LogP contribution in [0, 0.1) is 13.8 Å². The van der Waals surface area contributed by atoms with Gasteiger partial charge in [-0.3, -0.25) is 9.89 Å². The van der Waals surface area contributed by atoms with E-state index in [0.29, 0.717) is 28.5 Å². The lowest BCUT2D eigenvalue weighted by molar-refractivity contribution is 0.0730. The lowest BCUT2D eigenvalue weighted by Gasteiger charge is -2.27. The van der Waals surface area contributed by atoms with Crippen LogP contribution in [0.25, 0.3) is 11.3 Å². The molecule has 166 valence electrons. The average Bonchev–Trinajstić information content (AvgIpc) is 3.31. The summed E-state index contributed by atoms with van der Waals surface area (Å²) in [6.45, 7) is 4.18. The maximum Gasteiger partial charge on any atom is 0.273 e. The van der Waals surface area contributed by atoms with Crippen molar-refractivity contribution in [3.8, 4) is 17.0 Å². The van der Waals surface area contributed by atoms with Crippen LogP contribution in [0.3, 0.4) is 0 Å². The minimum absolute atomic E-state index is 0.155. The van der Waals surface area contributed by atoms with E-state index >= 15 is 0 Å². The number of benzene rings is 3. The van der Waals surface area contributed by atoms with Gasteiger partial charge in [-0.1, -0.05) is 63.9 Å². The van der Waals surface area contributed by atoms with Gasteiger partial charge in [0, 0.05) is 27.2 Å². The normalized spacial score (nSPS) is 15.2. The number of carbonyl (C=O) groups is 1. The molecule has 0 saturated carbocycles. The molecule has 0 saturated heterocycles. The highest BCUT2D eigenvalue weighted by Crippen LogP contribution is 2.46. The molecule has 1 aliphatic heterocycles. The van der Waals surface area contributed by atoms with Crippen molar-refractivity contribution < 1.29 is 9.90 Å². The van der Waals surface area contributed by atoms with Crippen LogP contribution in [0.2, 0.25) is 5.02 Å². The molecule has 1 amide bonds. The van der Waals surface area contributed by atoms with Crippen LogP contribution in [0.5, 0.6) is 5.75 Å². The molecule has 3 aromatic carbocycles. The third-order valence-electron chi connectivity index (χ3n) is 6.03. The Morgan fingerprint density at radius 2 is 1.91 bits per heavy atom. The number of hydrogen-bond donors (Lipinski definition) is 2. The third-order valence-corrected chi connectivity index (χ3v) is 6.89. The van der Waals surface area contributed by atoms with Gasteiger partial charge in [-0.15, -0.1) is 0 Å². The molecule has 1 aromatic heterocycles. The fourth-order valence-electron chi connectivity index (χ4n) is 4.54. The second-order valence-corrected chi connectivity index (χ2v) is 9.64. The molecular weight excluding hydrogens is 502 g/mol. The molecule has 1 atom stereocenters. The van der Waals surface area contributed by atoms with E-state index in [9.17, 15) is 9.90 Å². The molecule has 1 aliphatic rings. The summed E-state index contributed by atoms with van der Waals surface area (Å²) in [5.74, 6) is 0.0115.